The summed E-state index contributed by atoms with van der Waals surface area (Å²) in [5, 5.41) is 13.3. The number of carbonyl (C=O) groups excluding carboxylic acids is 1. The van der Waals surface area contributed by atoms with Crippen LogP contribution >= 0.6 is 0 Å². The molecular formula is C18H19N3O6S. The number of hydrogen-bond acceptors (Lipinski definition) is 6. The largest absolute Gasteiger partial charge is 0.377 e. The summed E-state index contributed by atoms with van der Waals surface area (Å²) in [6, 6.07) is 11.0. The van der Waals surface area contributed by atoms with Crippen molar-refractivity contribution < 1.29 is 22.9 Å². The summed E-state index contributed by atoms with van der Waals surface area (Å²) in [5.74, 6) is -0.503. The normalized spacial score (nSPS) is 16.6. The van der Waals surface area contributed by atoms with Crippen LogP contribution in [0.15, 0.2) is 53.4 Å². The number of nitro groups is 1. The second-order valence-corrected chi connectivity index (χ2v) is 8.04. The standard InChI is InChI=1S/C18H19N3O6S/c22-18(20-14-3-1-4-15(11-14)21(23)24)13-6-8-17(9-7-13)28(25,26)19-12-16-5-2-10-27-16/h1,3-4,6-9,11,16,19H,2,5,10,12H2,(H,20,22)/t16-/m1/s1. The number of anilines is 1. The molecule has 148 valence electrons. The molecule has 1 heterocycles. The van der Waals surface area contributed by atoms with E-state index in [-0.39, 0.29) is 34.5 Å². The van der Waals surface area contributed by atoms with Gasteiger partial charge in [-0.3, -0.25) is 14.9 Å². The van der Waals surface area contributed by atoms with Crippen molar-refractivity contribution in [1.29, 1.82) is 0 Å². The van der Waals surface area contributed by atoms with Gasteiger partial charge < -0.3 is 10.1 Å². The van der Waals surface area contributed by atoms with Crippen LogP contribution in [0.4, 0.5) is 11.4 Å². The quantitative estimate of drug-likeness (QED) is 0.537. The molecule has 2 aromatic carbocycles. The van der Waals surface area contributed by atoms with E-state index in [0.29, 0.717) is 6.61 Å². The monoisotopic (exact) mass is 405 g/mol. The Labute approximate surface area is 161 Å². The molecule has 1 aliphatic heterocycles. The summed E-state index contributed by atoms with van der Waals surface area (Å²) >= 11 is 0. The van der Waals surface area contributed by atoms with Gasteiger partial charge in [0.25, 0.3) is 11.6 Å². The maximum atomic E-state index is 12.3. The Kier molecular flexibility index (Phi) is 6.02. The number of sulfonamides is 1. The Balaban J connectivity index is 1.65. The van der Waals surface area contributed by atoms with Gasteiger partial charge in [-0.15, -0.1) is 0 Å². The van der Waals surface area contributed by atoms with E-state index >= 15 is 0 Å². The molecule has 9 nitrogen and oxygen atoms in total. The molecule has 0 radical (unpaired) electrons. The predicted molar refractivity (Wildman–Crippen MR) is 102 cm³/mol. The number of amides is 1. The van der Waals surface area contributed by atoms with Gasteiger partial charge in [0.15, 0.2) is 0 Å². The third-order valence-corrected chi connectivity index (χ3v) is 5.71. The zero-order valence-electron chi connectivity index (χ0n) is 14.8. The first-order valence-electron chi connectivity index (χ1n) is 8.62. The number of hydrogen-bond donors (Lipinski definition) is 2. The van der Waals surface area contributed by atoms with Crippen LogP contribution in [0.1, 0.15) is 23.2 Å². The second kappa shape index (κ2) is 8.46. The molecule has 0 spiro atoms. The molecule has 1 fully saturated rings. The van der Waals surface area contributed by atoms with Crippen molar-refractivity contribution >= 4 is 27.3 Å². The van der Waals surface area contributed by atoms with Crippen LogP contribution in [0.5, 0.6) is 0 Å². The van der Waals surface area contributed by atoms with Crippen molar-refractivity contribution in [3.05, 3.63) is 64.2 Å². The average molecular weight is 405 g/mol. The van der Waals surface area contributed by atoms with Crippen molar-refractivity contribution in [2.24, 2.45) is 0 Å². The van der Waals surface area contributed by atoms with E-state index in [1.807, 2.05) is 0 Å². The third kappa shape index (κ3) is 4.91. The molecule has 0 bridgehead atoms. The Bertz CT molecular complexity index is 969. The molecule has 0 aromatic heterocycles. The highest BCUT2D eigenvalue weighted by Crippen LogP contribution is 2.19. The van der Waals surface area contributed by atoms with Gasteiger partial charge in [-0.2, -0.15) is 0 Å². The fraction of sp³-hybridized carbons (Fsp3) is 0.278. The van der Waals surface area contributed by atoms with Crippen molar-refractivity contribution in [3.8, 4) is 0 Å². The zero-order chi connectivity index (χ0) is 20.1. The van der Waals surface area contributed by atoms with E-state index in [2.05, 4.69) is 10.0 Å². The number of nitrogens with one attached hydrogen (secondary N) is 2. The van der Waals surface area contributed by atoms with Crippen molar-refractivity contribution in [3.63, 3.8) is 0 Å². The summed E-state index contributed by atoms with van der Waals surface area (Å²) in [4.78, 5) is 22.6. The van der Waals surface area contributed by atoms with E-state index < -0.39 is 20.9 Å². The van der Waals surface area contributed by atoms with Crippen molar-refractivity contribution in [1.82, 2.24) is 4.72 Å². The average Bonchev–Trinajstić information content (AvgIpc) is 3.20. The van der Waals surface area contributed by atoms with Gasteiger partial charge in [-0.05, 0) is 43.2 Å². The fourth-order valence-corrected chi connectivity index (χ4v) is 3.84. The van der Waals surface area contributed by atoms with Gasteiger partial charge >= 0.3 is 0 Å². The number of carbonyl (C=O) groups is 1. The lowest BCUT2D eigenvalue weighted by Gasteiger charge is -2.11. The number of nitrogens with zero attached hydrogens (tertiary/aromatic N) is 1. The maximum absolute atomic E-state index is 12.3. The first-order valence-corrected chi connectivity index (χ1v) is 10.1. The molecule has 0 unspecified atom stereocenters. The Morgan fingerprint density at radius 2 is 1.96 bits per heavy atom. The third-order valence-electron chi connectivity index (χ3n) is 4.27. The lowest BCUT2D eigenvalue weighted by Crippen LogP contribution is -2.31. The van der Waals surface area contributed by atoms with E-state index in [9.17, 15) is 23.3 Å². The fourth-order valence-electron chi connectivity index (χ4n) is 2.78. The molecule has 2 N–H and O–H groups in total. The van der Waals surface area contributed by atoms with Crippen LogP contribution < -0.4 is 10.0 Å². The lowest BCUT2D eigenvalue weighted by atomic mass is 10.2. The molecule has 1 amide bonds. The molecule has 1 atom stereocenters. The van der Waals surface area contributed by atoms with Crippen molar-refractivity contribution in [2.45, 2.75) is 23.8 Å². The number of non-ortho nitro benzene ring substituents is 1. The first-order chi connectivity index (χ1) is 13.3. The molecule has 28 heavy (non-hydrogen) atoms. The van der Waals surface area contributed by atoms with Gasteiger partial charge in [-0.25, -0.2) is 13.1 Å². The van der Waals surface area contributed by atoms with Gasteiger partial charge in [0, 0.05) is 36.5 Å². The summed E-state index contributed by atoms with van der Waals surface area (Å²) in [5.41, 5.74) is 0.357. The number of nitro benzene ring substituents is 1. The van der Waals surface area contributed by atoms with Crippen molar-refractivity contribution in [2.75, 3.05) is 18.5 Å². The summed E-state index contributed by atoms with van der Waals surface area (Å²) < 4.78 is 32.6. The second-order valence-electron chi connectivity index (χ2n) is 6.27. The highest BCUT2D eigenvalue weighted by atomic mass is 32.2. The summed E-state index contributed by atoms with van der Waals surface area (Å²) in [6.07, 6.45) is 1.62. The number of rotatable bonds is 7. The van der Waals surface area contributed by atoms with Crippen LogP contribution in [0.3, 0.4) is 0 Å². The molecule has 1 aliphatic rings. The summed E-state index contributed by atoms with van der Waals surface area (Å²) in [7, 11) is -3.70. The summed E-state index contributed by atoms with van der Waals surface area (Å²) in [6.45, 7) is 0.845. The van der Waals surface area contributed by atoms with Crippen LogP contribution in [0.2, 0.25) is 0 Å². The van der Waals surface area contributed by atoms with E-state index in [0.717, 1.165) is 12.8 Å². The minimum absolute atomic E-state index is 0.0393. The SMILES string of the molecule is O=C(Nc1cccc([N+](=O)[O-])c1)c1ccc(S(=O)(=O)NC[C@H]2CCCO2)cc1. The molecule has 3 rings (SSSR count). The highest BCUT2D eigenvalue weighted by molar-refractivity contribution is 7.89. The van der Waals surface area contributed by atoms with Gasteiger partial charge in [0.05, 0.1) is 15.9 Å². The zero-order valence-corrected chi connectivity index (χ0v) is 15.6. The minimum atomic E-state index is -3.70. The number of benzene rings is 2. The minimum Gasteiger partial charge on any atom is -0.377 e. The lowest BCUT2D eigenvalue weighted by molar-refractivity contribution is -0.384. The van der Waals surface area contributed by atoms with Gasteiger partial charge in [0.2, 0.25) is 10.0 Å². The van der Waals surface area contributed by atoms with Gasteiger partial charge in [0.1, 0.15) is 0 Å². The smallest absolute Gasteiger partial charge is 0.271 e. The molecule has 10 heteroatoms. The Morgan fingerprint density at radius 3 is 2.61 bits per heavy atom. The topological polar surface area (TPSA) is 128 Å². The number of ether oxygens (including phenoxy) is 1. The van der Waals surface area contributed by atoms with Gasteiger partial charge in [-0.1, -0.05) is 6.07 Å². The predicted octanol–water partition coefficient (Wildman–Crippen LogP) is 2.30. The molecule has 2 aromatic rings. The molecular weight excluding hydrogens is 386 g/mol. The van der Waals surface area contributed by atoms with E-state index in [4.69, 9.17) is 4.74 Å². The van der Waals surface area contributed by atoms with Crippen LogP contribution in [-0.2, 0) is 14.8 Å². The van der Waals surface area contributed by atoms with E-state index in [1.54, 1.807) is 0 Å². The van der Waals surface area contributed by atoms with E-state index in [1.165, 1.54) is 48.5 Å². The Morgan fingerprint density at radius 1 is 1.21 bits per heavy atom. The van der Waals surface area contributed by atoms with Crippen LogP contribution in [0.25, 0.3) is 0 Å². The molecule has 0 saturated carbocycles. The first kappa shape index (κ1) is 19.9. The Hall–Kier alpha value is -2.82. The molecule has 1 saturated heterocycles. The maximum Gasteiger partial charge on any atom is 0.271 e. The highest BCUT2D eigenvalue weighted by Gasteiger charge is 2.20. The van der Waals surface area contributed by atoms with Crippen LogP contribution in [0, 0.1) is 10.1 Å². The van der Waals surface area contributed by atoms with Crippen LogP contribution in [-0.4, -0.2) is 38.5 Å². The molecule has 0 aliphatic carbocycles.